The normalized spacial score (nSPS) is 21.2. The van der Waals surface area contributed by atoms with E-state index in [9.17, 15) is 9.59 Å². The number of carbonyl (C=O) groups is 2. The van der Waals surface area contributed by atoms with Gasteiger partial charge in [0.1, 0.15) is 6.54 Å². The lowest BCUT2D eigenvalue weighted by atomic mass is 10.3. The van der Waals surface area contributed by atoms with Crippen molar-refractivity contribution in [1.29, 1.82) is 0 Å². The molecule has 0 spiro atoms. The molecule has 96 valence electrons. The van der Waals surface area contributed by atoms with Gasteiger partial charge in [-0.25, -0.2) is 0 Å². The Balaban J connectivity index is 1.84. The van der Waals surface area contributed by atoms with Gasteiger partial charge in [-0.05, 0) is 12.8 Å². The van der Waals surface area contributed by atoms with E-state index in [0.717, 1.165) is 39.0 Å². The smallest absolute Gasteiger partial charge is 0.323 e. The highest BCUT2D eigenvalue weighted by Gasteiger charge is 2.34. The first-order valence-electron chi connectivity index (χ1n) is 6.11. The summed E-state index contributed by atoms with van der Waals surface area (Å²) in [7, 11) is 0. The SMILES string of the molecule is O=C(O)CN(C(=O)CN1CCNCC1)C1CC1. The van der Waals surface area contributed by atoms with Crippen LogP contribution < -0.4 is 5.32 Å². The van der Waals surface area contributed by atoms with E-state index in [1.54, 1.807) is 0 Å². The molecule has 2 rings (SSSR count). The molecule has 0 aromatic rings. The van der Waals surface area contributed by atoms with Crippen LogP contribution in [0.25, 0.3) is 0 Å². The minimum Gasteiger partial charge on any atom is -0.480 e. The van der Waals surface area contributed by atoms with Gasteiger partial charge in [0.25, 0.3) is 0 Å². The predicted molar refractivity (Wildman–Crippen MR) is 61.7 cm³/mol. The van der Waals surface area contributed by atoms with E-state index >= 15 is 0 Å². The fourth-order valence-corrected chi connectivity index (χ4v) is 2.10. The summed E-state index contributed by atoms with van der Waals surface area (Å²) in [4.78, 5) is 26.3. The molecule has 17 heavy (non-hydrogen) atoms. The maximum Gasteiger partial charge on any atom is 0.323 e. The summed E-state index contributed by atoms with van der Waals surface area (Å²) in [6, 6.07) is 0.168. The van der Waals surface area contributed by atoms with Gasteiger partial charge in [0.05, 0.1) is 6.54 Å². The summed E-state index contributed by atoms with van der Waals surface area (Å²) in [5.74, 6) is -0.970. The van der Waals surface area contributed by atoms with Gasteiger partial charge in [-0.1, -0.05) is 0 Å². The van der Waals surface area contributed by atoms with E-state index in [4.69, 9.17) is 5.11 Å². The largest absolute Gasteiger partial charge is 0.480 e. The molecular formula is C11H19N3O3. The Hall–Kier alpha value is -1.14. The fourth-order valence-electron chi connectivity index (χ4n) is 2.10. The van der Waals surface area contributed by atoms with Crippen LogP contribution in [-0.2, 0) is 9.59 Å². The van der Waals surface area contributed by atoms with Crippen molar-refractivity contribution >= 4 is 11.9 Å². The zero-order chi connectivity index (χ0) is 12.3. The summed E-state index contributed by atoms with van der Waals surface area (Å²) in [6.07, 6.45) is 1.89. The van der Waals surface area contributed by atoms with Crippen LogP contribution in [0.15, 0.2) is 0 Å². The number of carboxylic acid groups (broad SMARTS) is 1. The van der Waals surface area contributed by atoms with Crippen LogP contribution in [0.1, 0.15) is 12.8 Å². The molecule has 1 saturated heterocycles. The number of amides is 1. The molecule has 0 aromatic heterocycles. The number of hydrogen-bond donors (Lipinski definition) is 2. The lowest BCUT2D eigenvalue weighted by Gasteiger charge is -2.29. The fraction of sp³-hybridized carbons (Fsp3) is 0.818. The molecule has 0 radical (unpaired) electrons. The lowest BCUT2D eigenvalue weighted by Crippen LogP contribution is -2.49. The zero-order valence-corrected chi connectivity index (χ0v) is 9.89. The van der Waals surface area contributed by atoms with Gasteiger partial charge >= 0.3 is 5.97 Å². The van der Waals surface area contributed by atoms with Crippen molar-refractivity contribution in [1.82, 2.24) is 15.1 Å². The van der Waals surface area contributed by atoms with Crippen molar-refractivity contribution in [2.75, 3.05) is 39.3 Å². The lowest BCUT2D eigenvalue weighted by molar-refractivity contribution is -0.145. The molecule has 1 saturated carbocycles. The summed E-state index contributed by atoms with van der Waals surface area (Å²) in [5.41, 5.74) is 0. The molecule has 0 aromatic carbocycles. The first-order chi connectivity index (χ1) is 8.16. The van der Waals surface area contributed by atoms with Crippen molar-refractivity contribution in [3.05, 3.63) is 0 Å². The predicted octanol–water partition coefficient (Wildman–Crippen LogP) is -1.03. The summed E-state index contributed by atoms with van der Waals surface area (Å²) in [5, 5.41) is 12.0. The van der Waals surface area contributed by atoms with Crippen molar-refractivity contribution in [3.8, 4) is 0 Å². The average Bonchev–Trinajstić information content (AvgIpc) is 3.10. The minimum absolute atomic E-state index is 0.0446. The van der Waals surface area contributed by atoms with Crippen molar-refractivity contribution in [3.63, 3.8) is 0 Å². The summed E-state index contributed by atoms with van der Waals surface area (Å²) in [6.45, 7) is 3.71. The first-order valence-corrected chi connectivity index (χ1v) is 6.11. The second kappa shape index (κ2) is 5.46. The van der Waals surface area contributed by atoms with Gasteiger partial charge < -0.3 is 15.3 Å². The number of rotatable bonds is 5. The van der Waals surface area contributed by atoms with E-state index in [-0.39, 0.29) is 18.5 Å². The van der Waals surface area contributed by atoms with Crippen molar-refractivity contribution < 1.29 is 14.7 Å². The third kappa shape index (κ3) is 3.67. The molecule has 6 heteroatoms. The zero-order valence-electron chi connectivity index (χ0n) is 9.89. The molecular weight excluding hydrogens is 222 g/mol. The quantitative estimate of drug-likeness (QED) is 0.644. The van der Waals surface area contributed by atoms with Gasteiger partial charge in [-0.15, -0.1) is 0 Å². The van der Waals surface area contributed by atoms with Gasteiger partial charge in [0, 0.05) is 32.2 Å². The molecule has 0 atom stereocenters. The van der Waals surface area contributed by atoms with Crippen molar-refractivity contribution in [2.24, 2.45) is 0 Å². The minimum atomic E-state index is -0.925. The number of carbonyl (C=O) groups excluding carboxylic acids is 1. The van der Waals surface area contributed by atoms with Gasteiger partial charge in [-0.3, -0.25) is 14.5 Å². The Morgan fingerprint density at radius 2 is 1.94 bits per heavy atom. The van der Waals surface area contributed by atoms with Crippen molar-refractivity contribution in [2.45, 2.75) is 18.9 Å². The first kappa shape index (κ1) is 12.3. The summed E-state index contributed by atoms with van der Waals surface area (Å²) >= 11 is 0. The highest BCUT2D eigenvalue weighted by atomic mass is 16.4. The second-order valence-corrected chi connectivity index (χ2v) is 4.67. The molecule has 2 N–H and O–H groups in total. The molecule has 1 aliphatic heterocycles. The van der Waals surface area contributed by atoms with E-state index in [1.807, 2.05) is 0 Å². The second-order valence-electron chi connectivity index (χ2n) is 4.67. The maximum atomic E-state index is 12.0. The van der Waals surface area contributed by atoms with Crippen LogP contribution in [0.4, 0.5) is 0 Å². The Kier molecular flexibility index (Phi) is 3.96. The summed E-state index contributed by atoms with van der Waals surface area (Å²) < 4.78 is 0. The average molecular weight is 241 g/mol. The highest BCUT2D eigenvalue weighted by molar-refractivity contribution is 5.83. The number of hydrogen-bond acceptors (Lipinski definition) is 4. The van der Waals surface area contributed by atoms with Crippen LogP contribution in [-0.4, -0.2) is 72.1 Å². The van der Waals surface area contributed by atoms with E-state index < -0.39 is 5.97 Å². The molecule has 1 heterocycles. The molecule has 1 aliphatic carbocycles. The van der Waals surface area contributed by atoms with Crippen LogP contribution >= 0.6 is 0 Å². The van der Waals surface area contributed by atoms with Gasteiger partial charge in [-0.2, -0.15) is 0 Å². The van der Waals surface area contributed by atoms with Crippen LogP contribution in [0.2, 0.25) is 0 Å². The van der Waals surface area contributed by atoms with Gasteiger partial charge in [0.2, 0.25) is 5.91 Å². The van der Waals surface area contributed by atoms with E-state index in [2.05, 4.69) is 10.2 Å². The standard InChI is InChI=1S/C11H19N3O3/c15-10(7-13-5-3-12-4-6-13)14(8-11(16)17)9-1-2-9/h9,12H,1-8H2,(H,16,17). The topological polar surface area (TPSA) is 72.9 Å². The molecule has 1 amide bonds. The molecule has 2 fully saturated rings. The molecule has 0 bridgehead atoms. The number of carboxylic acids is 1. The van der Waals surface area contributed by atoms with E-state index in [1.165, 1.54) is 4.90 Å². The molecule has 6 nitrogen and oxygen atoms in total. The van der Waals surface area contributed by atoms with E-state index in [0.29, 0.717) is 6.54 Å². The van der Waals surface area contributed by atoms with Crippen LogP contribution in [0.5, 0.6) is 0 Å². The Morgan fingerprint density at radius 1 is 1.29 bits per heavy atom. The number of nitrogens with one attached hydrogen (secondary N) is 1. The third-order valence-electron chi connectivity index (χ3n) is 3.18. The van der Waals surface area contributed by atoms with Gasteiger partial charge in [0.15, 0.2) is 0 Å². The Bertz CT molecular complexity index is 298. The Labute approximate surface area is 101 Å². The Morgan fingerprint density at radius 3 is 2.47 bits per heavy atom. The van der Waals surface area contributed by atoms with Crippen LogP contribution in [0, 0.1) is 0 Å². The molecule has 2 aliphatic rings. The molecule has 0 unspecified atom stereocenters. The number of nitrogens with zero attached hydrogens (tertiary/aromatic N) is 2. The maximum absolute atomic E-state index is 12.0. The number of aliphatic carboxylic acids is 1. The monoisotopic (exact) mass is 241 g/mol. The highest BCUT2D eigenvalue weighted by Crippen LogP contribution is 2.26. The number of piperazine rings is 1. The van der Waals surface area contributed by atoms with Crippen LogP contribution in [0.3, 0.4) is 0 Å². The third-order valence-corrected chi connectivity index (χ3v) is 3.18.